The van der Waals surface area contributed by atoms with Crippen molar-refractivity contribution in [1.29, 1.82) is 0 Å². The zero-order valence-corrected chi connectivity index (χ0v) is 32.9. The first-order chi connectivity index (χ1) is 25.2. The molecule has 0 radical (unpaired) electrons. The normalized spacial score (nSPS) is 16.9. The molecule has 0 aromatic carbocycles. The Bertz CT molecular complexity index is 1460. The summed E-state index contributed by atoms with van der Waals surface area (Å²) >= 11 is 0.983. The van der Waals surface area contributed by atoms with Crippen LogP contribution >= 0.6 is 11.7 Å². The fourth-order valence-electron chi connectivity index (χ4n) is 4.11. The standard InChI is InChI=1S/C33H50N4O16S/c1-17(47-23(7)38)27(39)48-18(2)28(40)49-19(3)29(41)50-20(4)30(42)51-21(5)31(43)52-22(6)32(44)53-24(15-34-33(8,9)10)16-46-26-25(35-54-36-26)37-11-13-45-14-12-37/h17-22,24,34H,11-16H2,1-10H3/t17?,18?,19?,20?,21?,22?,24-/m0/s1. The molecule has 1 aliphatic rings. The zero-order chi connectivity index (χ0) is 40.7. The van der Waals surface area contributed by atoms with E-state index in [1.54, 1.807) is 0 Å². The number of morpholine rings is 1. The lowest BCUT2D eigenvalue weighted by molar-refractivity contribution is -0.188. The molecule has 0 bridgehead atoms. The first kappa shape index (κ1) is 45.5. The van der Waals surface area contributed by atoms with Gasteiger partial charge in [0.05, 0.1) is 24.9 Å². The largest absolute Gasteiger partial charge is 0.470 e. The van der Waals surface area contributed by atoms with Crippen molar-refractivity contribution in [1.82, 2.24) is 14.1 Å². The van der Waals surface area contributed by atoms with Crippen molar-refractivity contribution in [3.05, 3.63) is 0 Å². The van der Waals surface area contributed by atoms with Crippen LogP contribution in [0.25, 0.3) is 0 Å². The molecule has 1 aromatic rings. The highest BCUT2D eigenvalue weighted by Gasteiger charge is 2.33. The second-order valence-corrected chi connectivity index (χ2v) is 13.7. The van der Waals surface area contributed by atoms with E-state index in [9.17, 15) is 33.6 Å². The Kier molecular flexibility index (Phi) is 18.0. The number of aromatic nitrogens is 2. The molecular weight excluding hydrogens is 740 g/mol. The van der Waals surface area contributed by atoms with Gasteiger partial charge >= 0.3 is 41.8 Å². The minimum atomic E-state index is -1.57. The molecule has 2 heterocycles. The van der Waals surface area contributed by atoms with Crippen LogP contribution in [0.15, 0.2) is 0 Å². The summed E-state index contributed by atoms with van der Waals surface area (Å²) in [6.07, 6.45) is -9.67. The van der Waals surface area contributed by atoms with Crippen molar-refractivity contribution in [3.63, 3.8) is 0 Å². The first-order valence-corrected chi connectivity index (χ1v) is 17.8. The minimum absolute atomic E-state index is 0.0932. The molecule has 1 aliphatic heterocycles. The minimum Gasteiger partial charge on any atom is -0.470 e. The van der Waals surface area contributed by atoms with Crippen LogP contribution in [0.3, 0.4) is 0 Å². The van der Waals surface area contributed by atoms with Gasteiger partial charge in [-0.1, -0.05) is 0 Å². The number of carbonyl (C=O) groups excluding carboxylic acids is 7. The Labute approximate surface area is 317 Å². The topological polar surface area (TPSA) is 244 Å². The van der Waals surface area contributed by atoms with Gasteiger partial charge in [-0.2, -0.15) is 4.37 Å². The number of hydrogen-bond donors (Lipinski definition) is 1. The van der Waals surface area contributed by atoms with Gasteiger partial charge in [0, 0.05) is 32.1 Å². The molecule has 0 saturated carbocycles. The van der Waals surface area contributed by atoms with Crippen LogP contribution in [-0.2, 0) is 71.5 Å². The van der Waals surface area contributed by atoms with Gasteiger partial charge in [0.25, 0.3) is 5.88 Å². The van der Waals surface area contributed by atoms with E-state index in [4.69, 9.17) is 37.9 Å². The van der Waals surface area contributed by atoms with E-state index in [0.717, 1.165) is 32.5 Å². The maximum absolute atomic E-state index is 13.0. The summed E-state index contributed by atoms with van der Waals surface area (Å²) in [5, 5.41) is 3.24. The third-order valence-corrected chi connectivity index (χ3v) is 7.60. The monoisotopic (exact) mass is 790 g/mol. The number of carbonyl (C=O) groups is 7. The average molecular weight is 791 g/mol. The SMILES string of the molecule is CC(=O)OC(C)C(=O)OC(C)C(=O)OC(C)C(=O)OC(C)C(=O)OC(C)C(=O)OC(C)C(=O)O[C@@H](CNC(C)(C)C)COc1nsnc1N1CCOCC1. The summed E-state index contributed by atoms with van der Waals surface area (Å²) in [5.74, 6) is -6.34. The van der Waals surface area contributed by atoms with Crippen molar-refractivity contribution in [2.75, 3.05) is 44.4 Å². The predicted molar refractivity (Wildman–Crippen MR) is 185 cm³/mol. The molecule has 304 valence electrons. The number of esters is 7. The van der Waals surface area contributed by atoms with Crippen LogP contribution in [0, 0.1) is 0 Å². The lowest BCUT2D eigenvalue weighted by Crippen LogP contribution is -2.45. The molecule has 2 rings (SSSR count). The highest BCUT2D eigenvalue weighted by molar-refractivity contribution is 6.99. The van der Waals surface area contributed by atoms with Crippen molar-refractivity contribution in [2.24, 2.45) is 0 Å². The molecule has 21 heteroatoms. The molecule has 54 heavy (non-hydrogen) atoms. The average Bonchev–Trinajstić information content (AvgIpc) is 3.57. The van der Waals surface area contributed by atoms with Gasteiger partial charge in [-0.05, 0) is 62.3 Å². The van der Waals surface area contributed by atoms with Crippen molar-refractivity contribution < 1.29 is 76.2 Å². The van der Waals surface area contributed by atoms with E-state index in [0.29, 0.717) is 32.1 Å². The molecule has 0 aliphatic carbocycles. The molecule has 6 unspecified atom stereocenters. The number of anilines is 1. The van der Waals surface area contributed by atoms with E-state index in [2.05, 4.69) is 18.8 Å². The first-order valence-electron chi connectivity index (χ1n) is 17.1. The smallest absolute Gasteiger partial charge is 0.347 e. The van der Waals surface area contributed by atoms with Gasteiger partial charge in [0.1, 0.15) is 12.7 Å². The van der Waals surface area contributed by atoms with Crippen molar-refractivity contribution in [2.45, 2.75) is 118 Å². The van der Waals surface area contributed by atoms with Gasteiger partial charge in [0.2, 0.25) is 5.82 Å². The summed E-state index contributed by atoms with van der Waals surface area (Å²) in [6, 6.07) is 0. The van der Waals surface area contributed by atoms with Crippen LogP contribution in [0.1, 0.15) is 69.2 Å². The van der Waals surface area contributed by atoms with Crippen LogP contribution in [0.2, 0.25) is 0 Å². The van der Waals surface area contributed by atoms with Crippen molar-refractivity contribution in [3.8, 4) is 5.88 Å². The predicted octanol–water partition coefficient (Wildman–Crippen LogP) is 0.664. The fraction of sp³-hybridized carbons (Fsp3) is 0.727. The molecule has 0 spiro atoms. The number of ether oxygens (including phenoxy) is 9. The van der Waals surface area contributed by atoms with E-state index in [1.165, 1.54) is 27.7 Å². The Hall–Kier alpha value is -4.63. The Morgan fingerprint density at radius 2 is 1.06 bits per heavy atom. The van der Waals surface area contributed by atoms with Gasteiger partial charge in [0.15, 0.2) is 36.6 Å². The second-order valence-electron chi connectivity index (χ2n) is 13.1. The maximum Gasteiger partial charge on any atom is 0.347 e. The molecule has 7 atom stereocenters. The summed E-state index contributed by atoms with van der Waals surface area (Å²) in [4.78, 5) is 88.0. The Morgan fingerprint density at radius 1 is 0.667 bits per heavy atom. The number of nitrogens with zero attached hydrogens (tertiary/aromatic N) is 3. The van der Waals surface area contributed by atoms with Crippen LogP contribution in [0.5, 0.6) is 5.88 Å². The second kappa shape index (κ2) is 21.3. The lowest BCUT2D eigenvalue weighted by atomic mass is 10.1. The van der Waals surface area contributed by atoms with Gasteiger partial charge < -0.3 is 52.8 Å². The molecule has 1 fully saturated rings. The molecule has 1 saturated heterocycles. The molecule has 0 amide bonds. The number of rotatable bonds is 19. The summed E-state index contributed by atoms with van der Waals surface area (Å²) in [5.41, 5.74) is -0.334. The third kappa shape index (κ3) is 15.8. The van der Waals surface area contributed by atoms with E-state index < -0.39 is 84.5 Å². The quantitative estimate of drug-likeness (QED) is 0.149. The van der Waals surface area contributed by atoms with Crippen molar-refractivity contribution >= 4 is 59.3 Å². The Morgan fingerprint density at radius 3 is 1.44 bits per heavy atom. The lowest BCUT2D eigenvalue weighted by Gasteiger charge is -2.28. The Balaban J connectivity index is 1.87. The molecular formula is C33H50N4O16S. The van der Waals surface area contributed by atoms with E-state index in [-0.39, 0.29) is 24.6 Å². The van der Waals surface area contributed by atoms with Gasteiger partial charge in [-0.3, -0.25) is 4.79 Å². The van der Waals surface area contributed by atoms with Crippen LogP contribution in [0.4, 0.5) is 5.82 Å². The highest BCUT2D eigenvalue weighted by atomic mass is 32.1. The van der Waals surface area contributed by atoms with Gasteiger partial charge in [-0.25, -0.2) is 28.8 Å². The highest BCUT2D eigenvalue weighted by Crippen LogP contribution is 2.26. The molecule has 1 aromatic heterocycles. The fourth-order valence-corrected chi connectivity index (χ4v) is 4.63. The van der Waals surface area contributed by atoms with E-state index in [1.807, 2.05) is 25.7 Å². The van der Waals surface area contributed by atoms with Crippen LogP contribution in [-0.4, -0.2) is 138 Å². The van der Waals surface area contributed by atoms with Crippen LogP contribution < -0.4 is 15.0 Å². The summed E-state index contributed by atoms with van der Waals surface area (Å²) < 4.78 is 55.1. The maximum atomic E-state index is 13.0. The summed E-state index contributed by atoms with van der Waals surface area (Å²) in [7, 11) is 0. The van der Waals surface area contributed by atoms with E-state index >= 15 is 0 Å². The summed E-state index contributed by atoms with van der Waals surface area (Å²) in [6.45, 7) is 16.4. The number of hydrogen-bond acceptors (Lipinski definition) is 21. The molecule has 20 nitrogen and oxygen atoms in total. The number of nitrogens with one attached hydrogen (secondary N) is 1. The molecule has 1 N–H and O–H groups in total. The zero-order valence-electron chi connectivity index (χ0n) is 32.1. The van der Waals surface area contributed by atoms with Gasteiger partial charge in [-0.15, -0.1) is 4.37 Å². The third-order valence-electron chi connectivity index (χ3n) is 7.10.